The Bertz CT molecular complexity index is 285. The highest BCUT2D eigenvalue weighted by Crippen LogP contribution is 2.28. The van der Waals surface area contributed by atoms with Crippen molar-refractivity contribution in [3.63, 3.8) is 0 Å². The summed E-state index contributed by atoms with van der Waals surface area (Å²) < 4.78 is 0. The molecule has 116 valence electrons. The molecule has 0 spiro atoms. The quantitative estimate of drug-likeness (QED) is 0.811. The largest absolute Gasteiger partial charge is 0.396 e. The van der Waals surface area contributed by atoms with E-state index in [2.05, 4.69) is 0 Å². The Kier molecular flexibility index (Phi) is 6.85. The number of hydrogen-bond donors (Lipinski definition) is 1. The van der Waals surface area contributed by atoms with E-state index in [1.54, 1.807) is 0 Å². The lowest BCUT2D eigenvalue weighted by Crippen LogP contribution is -2.40. The molecule has 1 atom stereocenters. The molecule has 1 heterocycles. The van der Waals surface area contributed by atoms with Crippen LogP contribution in [0.1, 0.15) is 70.6 Å². The number of amides is 1. The van der Waals surface area contributed by atoms with Crippen molar-refractivity contribution in [2.24, 2.45) is 11.8 Å². The molecule has 0 radical (unpaired) electrons. The van der Waals surface area contributed by atoms with Crippen LogP contribution in [-0.2, 0) is 4.79 Å². The van der Waals surface area contributed by atoms with E-state index in [0.717, 1.165) is 44.7 Å². The van der Waals surface area contributed by atoms with Gasteiger partial charge in [0.1, 0.15) is 0 Å². The predicted molar refractivity (Wildman–Crippen MR) is 81.4 cm³/mol. The van der Waals surface area contributed by atoms with Crippen LogP contribution in [-0.4, -0.2) is 35.6 Å². The van der Waals surface area contributed by atoms with Crippen LogP contribution in [0.15, 0.2) is 0 Å². The van der Waals surface area contributed by atoms with E-state index in [1.807, 2.05) is 4.90 Å². The summed E-state index contributed by atoms with van der Waals surface area (Å²) in [5.74, 6) is 1.76. The number of aliphatic hydroxyl groups is 1. The highest BCUT2D eigenvalue weighted by molar-refractivity contribution is 5.76. The van der Waals surface area contributed by atoms with Crippen molar-refractivity contribution >= 4 is 5.91 Å². The van der Waals surface area contributed by atoms with E-state index < -0.39 is 0 Å². The molecule has 0 aromatic carbocycles. The van der Waals surface area contributed by atoms with E-state index in [4.69, 9.17) is 5.11 Å². The molecule has 1 saturated heterocycles. The lowest BCUT2D eigenvalue weighted by Gasteiger charge is -2.32. The van der Waals surface area contributed by atoms with Crippen molar-refractivity contribution in [2.75, 3.05) is 19.7 Å². The molecule has 0 aromatic heterocycles. The third-order valence-corrected chi connectivity index (χ3v) is 5.14. The van der Waals surface area contributed by atoms with Gasteiger partial charge >= 0.3 is 0 Å². The van der Waals surface area contributed by atoms with Crippen molar-refractivity contribution in [3.05, 3.63) is 0 Å². The van der Waals surface area contributed by atoms with Gasteiger partial charge in [0, 0.05) is 26.1 Å². The van der Waals surface area contributed by atoms with Gasteiger partial charge in [-0.3, -0.25) is 4.79 Å². The first-order valence-corrected chi connectivity index (χ1v) is 8.68. The molecule has 3 heteroatoms. The SMILES string of the molecule is O=C(CCCC1CCCCC1)N1CCCC(CCO)C1. The Labute approximate surface area is 123 Å². The van der Waals surface area contributed by atoms with Gasteiger partial charge in [-0.05, 0) is 43.9 Å². The van der Waals surface area contributed by atoms with Gasteiger partial charge in [0.15, 0.2) is 0 Å². The Hall–Kier alpha value is -0.570. The molecule has 1 amide bonds. The number of hydrogen-bond acceptors (Lipinski definition) is 2. The molecule has 0 bridgehead atoms. The molecule has 1 unspecified atom stereocenters. The molecule has 1 aliphatic heterocycles. The summed E-state index contributed by atoms with van der Waals surface area (Å²) in [6.45, 7) is 2.07. The minimum atomic E-state index is 0.258. The smallest absolute Gasteiger partial charge is 0.222 e. The van der Waals surface area contributed by atoms with Crippen LogP contribution >= 0.6 is 0 Å². The first-order valence-electron chi connectivity index (χ1n) is 8.68. The van der Waals surface area contributed by atoms with Crippen LogP contribution in [0.2, 0.25) is 0 Å². The monoisotopic (exact) mass is 281 g/mol. The van der Waals surface area contributed by atoms with Crippen LogP contribution in [0.25, 0.3) is 0 Å². The minimum absolute atomic E-state index is 0.258. The Morgan fingerprint density at radius 1 is 1.00 bits per heavy atom. The van der Waals surface area contributed by atoms with Crippen molar-refractivity contribution in [1.29, 1.82) is 0 Å². The molecule has 1 aliphatic carbocycles. The van der Waals surface area contributed by atoms with Crippen LogP contribution in [0.3, 0.4) is 0 Å². The van der Waals surface area contributed by atoms with Crippen LogP contribution in [0.5, 0.6) is 0 Å². The van der Waals surface area contributed by atoms with Crippen LogP contribution < -0.4 is 0 Å². The van der Waals surface area contributed by atoms with Crippen molar-refractivity contribution < 1.29 is 9.90 Å². The van der Waals surface area contributed by atoms with E-state index >= 15 is 0 Å². The zero-order chi connectivity index (χ0) is 14.2. The number of likely N-dealkylation sites (tertiary alicyclic amines) is 1. The fourth-order valence-corrected chi connectivity index (χ4v) is 3.89. The average molecular weight is 281 g/mol. The van der Waals surface area contributed by atoms with E-state index in [9.17, 15) is 4.79 Å². The highest BCUT2D eigenvalue weighted by atomic mass is 16.3. The van der Waals surface area contributed by atoms with Gasteiger partial charge in [0.05, 0.1) is 0 Å². The zero-order valence-corrected chi connectivity index (χ0v) is 12.9. The molecule has 3 nitrogen and oxygen atoms in total. The number of rotatable bonds is 6. The first kappa shape index (κ1) is 15.8. The molecule has 1 saturated carbocycles. The number of carbonyl (C=O) groups is 1. The average Bonchev–Trinajstić information content (AvgIpc) is 2.49. The Morgan fingerprint density at radius 2 is 1.75 bits per heavy atom. The maximum atomic E-state index is 12.3. The molecule has 2 rings (SSSR count). The second-order valence-electron chi connectivity index (χ2n) is 6.76. The summed E-state index contributed by atoms with van der Waals surface area (Å²) in [6.07, 6.45) is 13.2. The maximum Gasteiger partial charge on any atom is 0.222 e. The van der Waals surface area contributed by atoms with Gasteiger partial charge in [-0.1, -0.05) is 32.1 Å². The lowest BCUT2D eigenvalue weighted by atomic mass is 9.85. The van der Waals surface area contributed by atoms with Crippen molar-refractivity contribution in [3.8, 4) is 0 Å². The van der Waals surface area contributed by atoms with E-state index in [-0.39, 0.29) is 6.61 Å². The van der Waals surface area contributed by atoms with Crippen molar-refractivity contribution in [2.45, 2.75) is 70.6 Å². The standard InChI is InChI=1S/C17H31NO2/c19-13-11-16-9-5-12-18(14-16)17(20)10-4-8-15-6-2-1-3-7-15/h15-16,19H,1-14H2. The molecule has 0 aromatic rings. The second-order valence-corrected chi connectivity index (χ2v) is 6.76. The summed E-state index contributed by atoms with van der Waals surface area (Å²) in [5.41, 5.74) is 0. The fraction of sp³-hybridized carbons (Fsp3) is 0.941. The molecule has 2 fully saturated rings. The summed E-state index contributed by atoms with van der Waals surface area (Å²) in [5, 5.41) is 9.03. The third-order valence-electron chi connectivity index (χ3n) is 5.14. The maximum absolute atomic E-state index is 12.3. The summed E-state index contributed by atoms with van der Waals surface area (Å²) in [7, 11) is 0. The van der Waals surface area contributed by atoms with Crippen LogP contribution in [0, 0.1) is 11.8 Å². The molecular weight excluding hydrogens is 250 g/mol. The van der Waals surface area contributed by atoms with Gasteiger partial charge in [0.25, 0.3) is 0 Å². The zero-order valence-electron chi connectivity index (χ0n) is 12.9. The van der Waals surface area contributed by atoms with E-state index in [0.29, 0.717) is 11.8 Å². The van der Waals surface area contributed by atoms with Crippen LogP contribution in [0.4, 0.5) is 0 Å². The summed E-state index contributed by atoms with van der Waals surface area (Å²) in [4.78, 5) is 14.3. The van der Waals surface area contributed by atoms with Gasteiger partial charge in [-0.2, -0.15) is 0 Å². The fourth-order valence-electron chi connectivity index (χ4n) is 3.89. The normalized spacial score (nSPS) is 24.9. The molecular formula is C17H31NO2. The Balaban J connectivity index is 1.63. The van der Waals surface area contributed by atoms with Gasteiger partial charge < -0.3 is 10.0 Å². The second kappa shape index (κ2) is 8.66. The van der Waals surface area contributed by atoms with E-state index in [1.165, 1.54) is 44.9 Å². The third kappa shape index (κ3) is 5.08. The first-order chi connectivity index (χ1) is 9.79. The molecule has 2 aliphatic rings. The van der Waals surface area contributed by atoms with Gasteiger partial charge in [0.2, 0.25) is 5.91 Å². The van der Waals surface area contributed by atoms with Gasteiger partial charge in [-0.25, -0.2) is 0 Å². The lowest BCUT2D eigenvalue weighted by molar-refractivity contribution is -0.133. The molecule has 20 heavy (non-hydrogen) atoms. The summed E-state index contributed by atoms with van der Waals surface area (Å²) >= 11 is 0. The molecule has 1 N–H and O–H groups in total. The summed E-state index contributed by atoms with van der Waals surface area (Å²) in [6, 6.07) is 0. The van der Waals surface area contributed by atoms with Crippen molar-refractivity contribution in [1.82, 2.24) is 4.90 Å². The van der Waals surface area contributed by atoms with Gasteiger partial charge in [-0.15, -0.1) is 0 Å². The minimum Gasteiger partial charge on any atom is -0.396 e. The Morgan fingerprint density at radius 3 is 2.50 bits per heavy atom. The predicted octanol–water partition coefficient (Wildman–Crippen LogP) is 3.36. The number of aliphatic hydroxyl groups excluding tert-OH is 1. The highest BCUT2D eigenvalue weighted by Gasteiger charge is 2.23. The number of carbonyl (C=O) groups excluding carboxylic acids is 1. The number of nitrogens with zero attached hydrogens (tertiary/aromatic N) is 1. The topological polar surface area (TPSA) is 40.5 Å². The number of piperidine rings is 1.